The molecule has 0 unspecified atom stereocenters. The fourth-order valence-corrected chi connectivity index (χ4v) is 3.31. The molecular weight excluding hydrogens is 406 g/mol. The Labute approximate surface area is 175 Å². The number of aromatic hydroxyl groups is 1. The van der Waals surface area contributed by atoms with Crippen molar-refractivity contribution in [3.05, 3.63) is 65.2 Å². The van der Waals surface area contributed by atoms with Gasteiger partial charge in [0.25, 0.3) is 5.91 Å². The second-order valence-electron chi connectivity index (χ2n) is 6.13. The van der Waals surface area contributed by atoms with Gasteiger partial charge in [0.1, 0.15) is 34.1 Å². The van der Waals surface area contributed by atoms with Gasteiger partial charge in [-0.2, -0.15) is 0 Å². The molecule has 0 spiro atoms. The summed E-state index contributed by atoms with van der Waals surface area (Å²) in [5.74, 6) is 0.675. The molecule has 0 bridgehead atoms. The molecule has 2 aromatic carbocycles. The number of carbonyl (C=O) groups excluding carboxylic acids is 1. The number of phenolic OH excluding ortho intramolecular Hbond substituents is 1. The van der Waals surface area contributed by atoms with Crippen LogP contribution < -0.4 is 20.3 Å². The van der Waals surface area contributed by atoms with Crippen LogP contribution in [0.2, 0.25) is 0 Å². The minimum atomic E-state index is -0.421. The SMILES string of the molecule is COc1ccc(N=c2oc3cc(O)ccc3cc2C(=O)Nc2nccs2)c(OC)c1. The average molecular weight is 423 g/mol. The molecule has 4 aromatic rings. The Hall–Kier alpha value is -3.85. The summed E-state index contributed by atoms with van der Waals surface area (Å²) < 4.78 is 16.5. The van der Waals surface area contributed by atoms with E-state index < -0.39 is 5.91 Å². The lowest BCUT2D eigenvalue weighted by molar-refractivity contribution is 0.102. The Morgan fingerprint density at radius 2 is 2.03 bits per heavy atom. The molecule has 2 N–H and O–H groups in total. The van der Waals surface area contributed by atoms with E-state index in [1.54, 1.807) is 49.0 Å². The van der Waals surface area contributed by atoms with Crippen molar-refractivity contribution in [2.45, 2.75) is 0 Å². The topological polar surface area (TPSA) is 106 Å². The van der Waals surface area contributed by atoms with Crippen LogP contribution in [-0.4, -0.2) is 30.2 Å². The first-order valence-electron chi connectivity index (χ1n) is 8.82. The molecule has 0 aliphatic carbocycles. The van der Waals surface area contributed by atoms with Gasteiger partial charge in [-0.15, -0.1) is 11.3 Å². The molecule has 152 valence electrons. The van der Waals surface area contributed by atoms with Crippen molar-refractivity contribution in [3.63, 3.8) is 0 Å². The van der Waals surface area contributed by atoms with Gasteiger partial charge in [0, 0.05) is 29.1 Å². The minimum Gasteiger partial charge on any atom is -0.508 e. The van der Waals surface area contributed by atoms with Gasteiger partial charge >= 0.3 is 0 Å². The van der Waals surface area contributed by atoms with Gasteiger partial charge in [-0.25, -0.2) is 9.98 Å². The zero-order chi connectivity index (χ0) is 21.1. The molecule has 0 aliphatic rings. The zero-order valence-electron chi connectivity index (χ0n) is 16.1. The number of thiazole rings is 1. The van der Waals surface area contributed by atoms with Crippen LogP contribution in [-0.2, 0) is 0 Å². The third-order valence-corrected chi connectivity index (χ3v) is 4.93. The van der Waals surface area contributed by atoms with Crippen LogP contribution in [0.5, 0.6) is 17.2 Å². The van der Waals surface area contributed by atoms with Gasteiger partial charge in [-0.3, -0.25) is 10.1 Å². The average Bonchev–Trinajstić information content (AvgIpc) is 3.26. The second-order valence-corrected chi connectivity index (χ2v) is 7.02. The summed E-state index contributed by atoms with van der Waals surface area (Å²) in [5, 5.41) is 15.4. The monoisotopic (exact) mass is 423 g/mol. The van der Waals surface area contributed by atoms with E-state index in [0.717, 1.165) is 0 Å². The molecule has 9 heteroatoms. The summed E-state index contributed by atoms with van der Waals surface area (Å²) in [5.41, 5.74) is 1.10. The fraction of sp³-hybridized carbons (Fsp3) is 0.0952. The number of hydrogen-bond acceptors (Lipinski definition) is 8. The maximum absolute atomic E-state index is 12.9. The first-order chi connectivity index (χ1) is 14.6. The van der Waals surface area contributed by atoms with Crippen LogP contribution in [0.4, 0.5) is 10.8 Å². The molecule has 0 aliphatic heterocycles. The number of hydrogen-bond donors (Lipinski definition) is 2. The zero-order valence-corrected chi connectivity index (χ0v) is 16.9. The number of aromatic nitrogens is 1. The molecule has 8 nitrogen and oxygen atoms in total. The maximum atomic E-state index is 12.9. The molecule has 0 fully saturated rings. The predicted octanol–water partition coefficient (Wildman–Crippen LogP) is 4.10. The van der Waals surface area contributed by atoms with Crippen LogP contribution >= 0.6 is 11.3 Å². The number of carbonyl (C=O) groups is 1. The summed E-state index contributed by atoms with van der Waals surface area (Å²) in [4.78, 5) is 21.5. The van der Waals surface area contributed by atoms with Crippen LogP contribution in [0.3, 0.4) is 0 Å². The highest BCUT2D eigenvalue weighted by atomic mass is 32.1. The molecule has 2 heterocycles. The molecule has 0 atom stereocenters. The lowest BCUT2D eigenvalue weighted by atomic mass is 10.1. The Kier molecular flexibility index (Phi) is 5.36. The smallest absolute Gasteiger partial charge is 0.262 e. The van der Waals surface area contributed by atoms with Gasteiger partial charge in [0.05, 0.1) is 14.2 Å². The molecule has 0 saturated heterocycles. The van der Waals surface area contributed by atoms with E-state index in [4.69, 9.17) is 13.9 Å². The number of methoxy groups -OCH3 is 2. The number of nitrogens with one attached hydrogen (secondary N) is 1. The van der Waals surface area contributed by atoms with Gasteiger partial charge in [0.15, 0.2) is 5.13 Å². The fourth-order valence-electron chi connectivity index (χ4n) is 2.79. The second kappa shape index (κ2) is 8.26. The summed E-state index contributed by atoms with van der Waals surface area (Å²) in [6.45, 7) is 0. The van der Waals surface area contributed by atoms with Gasteiger partial charge < -0.3 is 19.0 Å². The molecule has 0 radical (unpaired) electrons. The Bertz CT molecular complexity index is 1280. The minimum absolute atomic E-state index is 0.0409. The van der Waals surface area contributed by atoms with Crippen molar-refractivity contribution < 1.29 is 23.8 Å². The number of phenols is 1. The largest absolute Gasteiger partial charge is 0.508 e. The van der Waals surface area contributed by atoms with Crippen molar-refractivity contribution in [1.82, 2.24) is 4.98 Å². The van der Waals surface area contributed by atoms with Crippen molar-refractivity contribution in [1.29, 1.82) is 0 Å². The lowest BCUT2D eigenvalue weighted by Gasteiger charge is -2.08. The first-order valence-corrected chi connectivity index (χ1v) is 9.70. The third kappa shape index (κ3) is 3.96. The van der Waals surface area contributed by atoms with Crippen LogP contribution in [0.1, 0.15) is 10.4 Å². The van der Waals surface area contributed by atoms with Gasteiger partial charge in [-0.1, -0.05) is 0 Å². The lowest BCUT2D eigenvalue weighted by Crippen LogP contribution is -2.21. The summed E-state index contributed by atoms with van der Waals surface area (Å²) in [6.07, 6.45) is 1.60. The molecule has 0 saturated carbocycles. The maximum Gasteiger partial charge on any atom is 0.262 e. The van der Waals surface area contributed by atoms with E-state index in [1.165, 1.54) is 30.6 Å². The molecular formula is C21H17N3O5S. The predicted molar refractivity (Wildman–Crippen MR) is 113 cm³/mol. The number of amides is 1. The van der Waals surface area contributed by atoms with E-state index >= 15 is 0 Å². The van der Waals surface area contributed by atoms with Gasteiger partial charge in [0.2, 0.25) is 5.55 Å². The summed E-state index contributed by atoms with van der Waals surface area (Å²) >= 11 is 1.30. The van der Waals surface area contributed by atoms with Crippen molar-refractivity contribution in [3.8, 4) is 17.2 Å². The molecule has 1 amide bonds. The first kappa shape index (κ1) is 19.5. The summed E-state index contributed by atoms with van der Waals surface area (Å²) in [7, 11) is 3.07. The number of ether oxygens (including phenoxy) is 2. The Balaban J connectivity index is 1.90. The van der Waals surface area contributed by atoms with E-state index in [-0.39, 0.29) is 16.9 Å². The number of benzene rings is 2. The van der Waals surface area contributed by atoms with E-state index in [1.807, 2.05) is 0 Å². The van der Waals surface area contributed by atoms with Crippen LogP contribution in [0.25, 0.3) is 11.0 Å². The van der Waals surface area contributed by atoms with E-state index in [0.29, 0.717) is 33.3 Å². The van der Waals surface area contributed by atoms with E-state index in [9.17, 15) is 9.90 Å². The van der Waals surface area contributed by atoms with Crippen molar-refractivity contribution >= 4 is 39.0 Å². The molecule has 2 aromatic heterocycles. The van der Waals surface area contributed by atoms with Gasteiger partial charge in [-0.05, 0) is 30.3 Å². The van der Waals surface area contributed by atoms with Crippen molar-refractivity contribution in [2.75, 3.05) is 19.5 Å². The standard InChI is InChI=1S/C21H17N3O5S/c1-27-14-5-6-16(18(11-14)28-2)23-20-15(19(26)24-21-22-7-8-30-21)9-12-3-4-13(25)10-17(12)29-20/h3-11,25H,1-2H3,(H,22,24,26). The Morgan fingerprint density at radius 1 is 1.17 bits per heavy atom. The number of nitrogens with zero attached hydrogens (tertiary/aromatic N) is 2. The number of fused-ring (bicyclic) bond motifs is 1. The van der Waals surface area contributed by atoms with E-state index in [2.05, 4.69) is 15.3 Å². The normalized spacial score (nSPS) is 11.5. The Morgan fingerprint density at radius 3 is 2.77 bits per heavy atom. The highest BCUT2D eigenvalue weighted by Crippen LogP contribution is 2.31. The highest BCUT2D eigenvalue weighted by molar-refractivity contribution is 7.13. The quantitative estimate of drug-likeness (QED) is 0.501. The third-order valence-electron chi connectivity index (χ3n) is 4.24. The van der Waals surface area contributed by atoms with Crippen molar-refractivity contribution in [2.24, 2.45) is 4.99 Å². The van der Waals surface area contributed by atoms with Crippen LogP contribution in [0, 0.1) is 0 Å². The summed E-state index contributed by atoms with van der Waals surface area (Å²) in [6, 6.07) is 11.4. The number of rotatable bonds is 5. The number of anilines is 1. The molecule has 30 heavy (non-hydrogen) atoms. The van der Waals surface area contributed by atoms with Crippen LogP contribution in [0.15, 0.2) is 63.5 Å². The molecule has 4 rings (SSSR count). The highest BCUT2D eigenvalue weighted by Gasteiger charge is 2.15.